The molecule has 0 amide bonds. The Labute approximate surface area is 122 Å². The molecule has 1 aliphatic rings. The summed E-state index contributed by atoms with van der Waals surface area (Å²) in [4.78, 5) is 6.67. The van der Waals surface area contributed by atoms with Crippen LogP contribution in [0.3, 0.4) is 0 Å². The summed E-state index contributed by atoms with van der Waals surface area (Å²) in [7, 11) is 0. The van der Waals surface area contributed by atoms with Crippen LogP contribution < -0.4 is 10.1 Å². The summed E-state index contributed by atoms with van der Waals surface area (Å²) in [6.45, 7) is 8.30. The summed E-state index contributed by atoms with van der Waals surface area (Å²) in [5.74, 6) is 0.924. The van der Waals surface area contributed by atoms with E-state index in [4.69, 9.17) is 4.74 Å². The van der Waals surface area contributed by atoms with Gasteiger partial charge in [0.2, 0.25) is 0 Å². The molecule has 2 heterocycles. The lowest BCUT2D eigenvalue weighted by Crippen LogP contribution is -2.33. The lowest BCUT2D eigenvalue weighted by molar-refractivity contribution is 0.182. The van der Waals surface area contributed by atoms with Crippen LogP contribution in [0.5, 0.6) is 5.75 Å². The minimum absolute atomic E-state index is 0.756. The van der Waals surface area contributed by atoms with Crippen LogP contribution >= 0.6 is 0 Å². The number of pyridine rings is 1. The van der Waals surface area contributed by atoms with Crippen LogP contribution in [0.2, 0.25) is 0 Å². The summed E-state index contributed by atoms with van der Waals surface area (Å²) >= 11 is 0. The van der Waals surface area contributed by atoms with Crippen molar-refractivity contribution < 1.29 is 4.74 Å². The Balaban J connectivity index is 1.76. The van der Waals surface area contributed by atoms with E-state index in [-0.39, 0.29) is 0 Å². The zero-order valence-corrected chi connectivity index (χ0v) is 12.6. The first kappa shape index (κ1) is 15.3. The molecule has 1 aromatic rings. The Morgan fingerprint density at radius 3 is 2.95 bits per heavy atom. The fourth-order valence-corrected chi connectivity index (χ4v) is 2.55. The van der Waals surface area contributed by atoms with E-state index in [0.717, 1.165) is 38.4 Å². The lowest BCUT2D eigenvalue weighted by atomic mass is 10.1. The van der Waals surface area contributed by atoms with Gasteiger partial charge in [0.1, 0.15) is 12.4 Å². The number of nitrogens with zero attached hydrogens (tertiary/aromatic N) is 2. The van der Waals surface area contributed by atoms with Crippen LogP contribution in [0.4, 0.5) is 0 Å². The maximum atomic E-state index is 5.93. The van der Waals surface area contributed by atoms with Crippen LogP contribution in [0.15, 0.2) is 18.5 Å². The Morgan fingerprint density at radius 2 is 2.15 bits per heavy atom. The first-order valence-corrected chi connectivity index (χ1v) is 7.89. The number of hydrogen-bond donors (Lipinski definition) is 1. The van der Waals surface area contributed by atoms with Gasteiger partial charge in [0.15, 0.2) is 0 Å². The molecule has 1 aliphatic heterocycles. The second-order valence-electron chi connectivity index (χ2n) is 5.41. The van der Waals surface area contributed by atoms with E-state index in [1.165, 1.54) is 37.9 Å². The van der Waals surface area contributed by atoms with Gasteiger partial charge in [0.25, 0.3) is 0 Å². The van der Waals surface area contributed by atoms with Crippen LogP contribution in [-0.2, 0) is 6.54 Å². The second kappa shape index (κ2) is 8.93. The fraction of sp³-hybridized carbons (Fsp3) is 0.688. The molecule has 0 spiro atoms. The number of piperidine rings is 1. The molecule has 20 heavy (non-hydrogen) atoms. The quantitative estimate of drug-likeness (QED) is 0.741. The summed E-state index contributed by atoms with van der Waals surface area (Å²) < 4.78 is 5.93. The average molecular weight is 277 g/mol. The summed E-state index contributed by atoms with van der Waals surface area (Å²) in [5.41, 5.74) is 1.20. The second-order valence-corrected chi connectivity index (χ2v) is 5.41. The van der Waals surface area contributed by atoms with E-state index in [1.54, 1.807) is 0 Å². The van der Waals surface area contributed by atoms with Gasteiger partial charge in [-0.15, -0.1) is 0 Å². The van der Waals surface area contributed by atoms with Crippen molar-refractivity contribution in [1.29, 1.82) is 0 Å². The topological polar surface area (TPSA) is 37.4 Å². The molecule has 1 fully saturated rings. The van der Waals surface area contributed by atoms with Gasteiger partial charge >= 0.3 is 0 Å². The van der Waals surface area contributed by atoms with Gasteiger partial charge in [-0.05, 0) is 45.0 Å². The fourth-order valence-electron chi connectivity index (χ4n) is 2.55. The first-order valence-electron chi connectivity index (χ1n) is 7.89. The third kappa shape index (κ3) is 5.10. The highest BCUT2D eigenvalue weighted by Gasteiger charge is 2.10. The van der Waals surface area contributed by atoms with Crippen molar-refractivity contribution in [3.05, 3.63) is 24.0 Å². The number of likely N-dealkylation sites (tertiary alicyclic amines) is 1. The molecule has 112 valence electrons. The molecule has 1 saturated heterocycles. The molecule has 0 saturated carbocycles. The Morgan fingerprint density at radius 1 is 1.30 bits per heavy atom. The van der Waals surface area contributed by atoms with Crippen molar-refractivity contribution in [1.82, 2.24) is 15.2 Å². The summed E-state index contributed by atoms with van der Waals surface area (Å²) in [6, 6.07) is 2.04. The number of ether oxygens (including phenoxy) is 1. The molecule has 0 aliphatic carbocycles. The minimum atomic E-state index is 0.756. The maximum Gasteiger partial charge on any atom is 0.142 e. The monoisotopic (exact) mass is 277 g/mol. The Hall–Kier alpha value is -1.13. The predicted octanol–water partition coefficient (Wildman–Crippen LogP) is 2.45. The van der Waals surface area contributed by atoms with E-state index in [2.05, 4.69) is 22.1 Å². The molecule has 0 aromatic carbocycles. The summed E-state index contributed by atoms with van der Waals surface area (Å²) in [6.07, 6.45) is 8.86. The molecular weight excluding hydrogens is 250 g/mol. The molecule has 0 bridgehead atoms. The molecule has 4 heteroatoms. The summed E-state index contributed by atoms with van der Waals surface area (Å²) in [5, 5.41) is 3.41. The Kier molecular flexibility index (Phi) is 6.81. The first-order chi connectivity index (χ1) is 9.90. The van der Waals surface area contributed by atoms with E-state index in [0.29, 0.717) is 0 Å². The van der Waals surface area contributed by atoms with Crippen LogP contribution in [0.25, 0.3) is 0 Å². The normalized spacial score (nSPS) is 16.2. The van der Waals surface area contributed by atoms with Crippen molar-refractivity contribution >= 4 is 0 Å². The molecule has 0 unspecified atom stereocenters. The highest BCUT2D eigenvalue weighted by molar-refractivity contribution is 5.29. The smallest absolute Gasteiger partial charge is 0.142 e. The maximum absolute atomic E-state index is 5.93. The van der Waals surface area contributed by atoms with E-state index in [9.17, 15) is 0 Å². The number of nitrogens with one attached hydrogen (secondary N) is 1. The van der Waals surface area contributed by atoms with Gasteiger partial charge in [0.05, 0.1) is 6.20 Å². The van der Waals surface area contributed by atoms with Crippen LogP contribution in [0.1, 0.15) is 38.2 Å². The Bertz CT molecular complexity index is 378. The third-order valence-corrected chi connectivity index (χ3v) is 3.73. The van der Waals surface area contributed by atoms with Crippen molar-refractivity contribution in [3.63, 3.8) is 0 Å². The van der Waals surface area contributed by atoms with Crippen LogP contribution in [-0.4, -0.2) is 42.7 Å². The molecule has 0 radical (unpaired) electrons. The SMILES string of the molecule is CCCNCc1ccncc1OCCN1CCCCC1. The molecule has 2 rings (SSSR count). The minimum Gasteiger partial charge on any atom is -0.490 e. The highest BCUT2D eigenvalue weighted by Crippen LogP contribution is 2.16. The number of rotatable bonds is 8. The van der Waals surface area contributed by atoms with Gasteiger partial charge in [-0.2, -0.15) is 0 Å². The van der Waals surface area contributed by atoms with Crippen molar-refractivity contribution in [2.45, 2.75) is 39.2 Å². The van der Waals surface area contributed by atoms with Crippen molar-refractivity contribution in [2.75, 3.05) is 32.8 Å². The number of hydrogen-bond acceptors (Lipinski definition) is 4. The highest BCUT2D eigenvalue weighted by atomic mass is 16.5. The van der Waals surface area contributed by atoms with Crippen molar-refractivity contribution in [3.8, 4) is 5.75 Å². The standard InChI is InChI=1S/C16H27N3O/c1-2-7-17-13-15-6-8-18-14-16(15)20-12-11-19-9-4-3-5-10-19/h6,8,14,17H,2-5,7,9-13H2,1H3. The molecular formula is C16H27N3O. The van der Waals surface area contributed by atoms with Gasteiger partial charge < -0.3 is 10.1 Å². The van der Waals surface area contributed by atoms with Crippen LogP contribution in [0, 0.1) is 0 Å². The van der Waals surface area contributed by atoms with E-state index >= 15 is 0 Å². The van der Waals surface area contributed by atoms with E-state index in [1.807, 2.05) is 18.5 Å². The molecule has 1 N–H and O–H groups in total. The van der Waals surface area contributed by atoms with Gasteiger partial charge in [0, 0.05) is 24.8 Å². The largest absolute Gasteiger partial charge is 0.490 e. The zero-order valence-electron chi connectivity index (χ0n) is 12.6. The van der Waals surface area contributed by atoms with Gasteiger partial charge in [-0.25, -0.2) is 0 Å². The molecule has 4 nitrogen and oxygen atoms in total. The predicted molar refractivity (Wildman–Crippen MR) is 82.0 cm³/mol. The third-order valence-electron chi connectivity index (χ3n) is 3.73. The van der Waals surface area contributed by atoms with Gasteiger partial charge in [-0.3, -0.25) is 9.88 Å². The lowest BCUT2D eigenvalue weighted by Gasteiger charge is -2.26. The van der Waals surface area contributed by atoms with Gasteiger partial charge in [-0.1, -0.05) is 13.3 Å². The van der Waals surface area contributed by atoms with Crippen molar-refractivity contribution in [2.24, 2.45) is 0 Å². The zero-order chi connectivity index (χ0) is 14.0. The molecule has 0 atom stereocenters. The molecule has 1 aromatic heterocycles. The van der Waals surface area contributed by atoms with E-state index < -0.39 is 0 Å². The number of aromatic nitrogens is 1. The average Bonchev–Trinajstić information content (AvgIpc) is 2.50.